The predicted molar refractivity (Wildman–Crippen MR) is 143 cm³/mol. The number of nitrogens with one attached hydrogen (secondary N) is 1. The van der Waals surface area contributed by atoms with E-state index < -0.39 is 0 Å². The average Bonchev–Trinajstić information content (AvgIpc) is 2.77. The summed E-state index contributed by atoms with van der Waals surface area (Å²) in [6.07, 6.45) is 4.72. The van der Waals surface area contributed by atoms with Crippen LogP contribution in [0.2, 0.25) is 0 Å². The Kier molecular flexibility index (Phi) is 6.70. The van der Waals surface area contributed by atoms with Gasteiger partial charge in [-0.05, 0) is 91.3 Å². The minimum Gasteiger partial charge on any atom is -0.374 e. The fraction of sp³-hybridized carbons (Fsp3) is 0.250. The molecule has 168 valence electrons. The number of anilines is 1. The molecule has 0 saturated heterocycles. The molecule has 0 heterocycles. The van der Waals surface area contributed by atoms with Gasteiger partial charge in [0.1, 0.15) is 0 Å². The molecule has 3 aromatic rings. The second-order valence-electron chi connectivity index (χ2n) is 9.45. The van der Waals surface area contributed by atoms with Gasteiger partial charge in [0.25, 0.3) is 0 Å². The third-order valence-corrected chi connectivity index (χ3v) is 6.82. The van der Waals surface area contributed by atoms with Gasteiger partial charge in [0.2, 0.25) is 0 Å². The van der Waals surface area contributed by atoms with E-state index in [9.17, 15) is 0 Å². The SMILES string of the molecule is CC1=CC(C)=C(C(Nc2ccccc2)c2c(C)cc(C)cc2C)C(C)C1=Cc1ccccc1. The van der Waals surface area contributed by atoms with Crippen LogP contribution in [-0.4, -0.2) is 0 Å². The van der Waals surface area contributed by atoms with Gasteiger partial charge < -0.3 is 5.32 Å². The zero-order valence-electron chi connectivity index (χ0n) is 20.7. The van der Waals surface area contributed by atoms with Gasteiger partial charge >= 0.3 is 0 Å². The molecule has 2 atom stereocenters. The van der Waals surface area contributed by atoms with Crippen molar-refractivity contribution < 1.29 is 0 Å². The summed E-state index contributed by atoms with van der Waals surface area (Å²) in [6, 6.07) is 26.0. The van der Waals surface area contributed by atoms with E-state index in [1.54, 1.807) is 0 Å². The van der Waals surface area contributed by atoms with Gasteiger partial charge in [-0.25, -0.2) is 0 Å². The fourth-order valence-electron chi connectivity index (χ4n) is 5.44. The number of allylic oxidation sites excluding steroid dienone is 4. The smallest absolute Gasteiger partial charge is 0.0743 e. The molecule has 3 aromatic carbocycles. The second kappa shape index (κ2) is 9.67. The molecule has 0 fully saturated rings. The van der Waals surface area contributed by atoms with E-state index in [1.807, 2.05) is 0 Å². The van der Waals surface area contributed by atoms with Crippen molar-refractivity contribution in [2.75, 3.05) is 5.32 Å². The van der Waals surface area contributed by atoms with E-state index in [2.05, 4.69) is 132 Å². The highest BCUT2D eigenvalue weighted by atomic mass is 14.9. The normalized spacial score (nSPS) is 18.3. The Labute approximate surface area is 199 Å². The highest BCUT2D eigenvalue weighted by molar-refractivity contribution is 5.65. The number of benzene rings is 3. The molecule has 33 heavy (non-hydrogen) atoms. The van der Waals surface area contributed by atoms with Crippen LogP contribution in [0.1, 0.15) is 54.6 Å². The zero-order valence-corrected chi connectivity index (χ0v) is 20.7. The van der Waals surface area contributed by atoms with Crippen molar-refractivity contribution in [3.63, 3.8) is 0 Å². The summed E-state index contributed by atoms with van der Waals surface area (Å²) in [6.45, 7) is 13.6. The third kappa shape index (κ3) is 4.88. The summed E-state index contributed by atoms with van der Waals surface area (Å²) >= 11 is 0. The van der Waals surface area contributed by atoms with Gasteiger partial charge in [0, 0.05) is 11.6 Å². The minimum absolute atomic E-state index is 0.103. The van der Waals surface area contributed by atoms with Gasteiger partial charge in [-0.1, -0.05) is 85.3 Å². The Morgan fingerprint density at radius 1 is 0.788 bits per heavy atom. The van der Waals surface area contributed by atoms with Crippen molar-refractivity contribution in [1.82, 2.24) is 0 Å². The largest absolute Gasteiger partial charge is 0.374 e. The van der Waals surface area contributed by atoms with Crippen LogP contribution in [0.4, 0.5) is 5.69 Å². The first kappa shape index (κ1) is 22.9. The molecule has 2 unspecified atom stereocenters. The maximum absolute atomic E-state index is 3.91. The van der Waals surface area contributed by atoms with Crippen molar-refractivity contribution >= 4 is 11.8 Å². The Bertz CT molecular complexity index is 1200. The molecule has 0 aliphatic heterocycles. The molecular formula is C32H35N. The van der Waals surface area contributed by atoms with E-state index >= 15 is 0 Å². The molecule has 1 aliphatic carbocycles. The molecule has 1 aliphatic rings. The van der Waals surface area contributed by atoms with E-state index in [0.717, 1.165) is 5.69 Å². The molecule has 0 bridgehead atoms. The summed E-state index contributed by atoms with van der Waals surface area (Å²) in [4.78, 5) is 0. The van der Waals surface area contributed by atoms with Crippen molar-refractivity contribution in [1.29, 1.82) is 0 Å². The van der Waals surface area contributed by atoms with Crippen LogP contribution >= 0.6 is 0 Å². The average molecular weight is 434 g/mol. The first-order valence-corrected chi connectivity index (χ1v) is 11.9. The molecule has 0 aromatic heterocycles. The van der Waals surface area contributed by atoms with Crippen LogP contribution in [0.5, 0.6) is 0 Å². The summed E-state index contributed by atoms with van der Waals surface area (Å²) in [5.74, 6) is 0.302. The van der Waals surface area contributed by atoms with E-state index in [4.69, 9.17) is 0 Å². The Balaban J connectivity index is 1.87. The summed E-state index contributed by atoms with van der Waals surface area (Å²) in [7, 11) is 0. The lowest BCUT2D eigenvalue weighted by molar-refractivity contribution is 0.697. The molecule has 0 saturated carbocycles. The Morgan fingerprint density at radius 2 is 1.36 bits per heavy atom. The lowest BCUT2D eigenvalue weighted by Gasteiger charge is -2.35. The summed E-state index contributed by atoms with van der Waals surface area (Å²) in [5.41, 5.74) is 13.3. The number of para-hydroxylation sites is 1. The molecule has 1 nitrogen and oxygen atoms in total. The van der Waals surface area contributed by atoms with Gasteiger partial charge in [-0.2, -0.15) is 0 Å². The van der Waals surface area contributed by atoms with Gasteiger partial charge in [0.05, 0.1) is 6.04 Å². The first-order valence-electron chi connectivity index (χ1n) is 11.9. The standard InChI is InChI=1S/C32H35N/c1-21-17-23(3)30(24(4)18-21)32(33-28-15-11-8-12-16-28)31-25(5)19-22(2)29(26(31)6)20-27-13-9-7-10-14-27/h7-20,26,32-33H,1-6H3. The molecule has 0 amide bonds. The van der Waals surface area contributed by atoms with Crippen LogP contribution in [0.3, 0.4) is 0 Å². The number of hydrogen-bond acceptors (Lipinski definition) is 1. The number of rotatable bonds is 5. The van der Waals surface area contributed by atoms with Crippen LogP contribution in [0.25, 0.3) is 6.08 Å². The van der Waals surface area contributed by atoms with Gasteiger partial charge in [-0.3, -0.25) is 0 Å². The molecule has 4 rings (SSSR count). The topological polar surface area (TPSA) is 12.0 Å². The van der Waals surface area contributed by atoms with E-state index in [0.29, 0.717) is 5.92 Å². The third-order valence-electron chi connectivity index (χ3n) is 6.82. The van der Waals surface area contributed by atoms with Crippen molar-refractivity contribution in [2.45, 2.75) is 47.6 Å². The van der Waals surface area contributed by atoms with Crippen LogP contribution < -0.4 is 5.32 Å². The Hall–Kier alpha value is -3.32. The van der Waals surface area contributed by atoms with Crippen molar-refractivity contribution in [3.8, 4) is 0 Å². The van der Waals surface area contributed by atoms with Crippen LogP contribution in [-0.2, 0) is 0 Å². The zero-order chi connectivity index (χ0) is 23.5. The molecule has 1 N–H and O–H groups in total. The van der Waals surface area contributed by atoms with Crippen molar-refractivity contribution in [2.24, 2.45) is 5.92 Å². The maximum atomic E-state index is 3.91. The Morgan fingerprint density at radius 3 is 1.97 bits per heavy atom. The predicted octanol–water partition coefficient (Wildman–Crippen LogP) is 8.76. The van der Waals surface area contributed by atoms with Crippen LogP contribution in [0, 0.1) is 26.7 Å². The molecule has 1 heteroatoms. The fourth-order valence-corrected chi connectivity index (χ4v) is 5.44. The monoisotopic (exact) mass is 433 g/mol. The summed E-state index contributed by atoms with van der Waals surface area (Å²) in [5, 5.41) is 3.91. The molecule has 0 radical (unpaired) electrons. The van der Waals surface area contributed by atoms with E-state index in [1.165, 1.54) is 50.1 Å². The van der Waals surface area contributed by atoms with E-state index in [-0.39, 0.29) is 6.04 Å². The highest BCUT2D eigenvalue weighted by Crippen LogP contribution is 2.44. The van der Waals surface area contributed by atoms with Crippen molar-refractivity contribution in [3.05, 3.63) is 129 Å². The number of aryl methyl sites for hydroxylation is 3. The van der Waals surface area contributed by atoms with Gasteiger partial charge in [0.15, 0.2) is 0 Å². The number of hydrogen-bond donors (Lipinski definition) is 1. The quantitative estimate of drug-likeness (QED) is 0.424. The lowest BCUT2D eigenvalue weighted by atomic mass is 9.74. The first-order chi connectivity index (χ1) is 15.8. The van der Waals surface area contributed by atoms with Gasteiger partial charge in [-0.15, -0.1) is 0 Å². The molecule has 0 spiro atoms. The molecular weight excluding hydrogens is 398 g/mol. The lowest BCUT2D eigenvalue weighted by Crippen LogP contribution is -2.24. The summed E-state index contributed by atoms with van der Waals surface area (Å²) < 4.78 is 0. The second-order valence-corrected chi connectivity index (χ2v) is 9.45. The minimum atomic E-state index is 0.103. The maximum Gasteiger partial charge on any atom is 0.0743 e. The highest BCUT2D eigenvalue weighted by Gasteiger charge is 2.30. The van der Waals surface area contributed by atoms with Crippen LogP contribution in [0.15, 0.2) is 101 Å².